The van der Waals surface area contributed by atoms with Gasteiger partial charge in [0.15, 0.2) is 0 Å². The summed E-state index contributed by atoms with van der Waals surface area (Å²) in [5.74, 6) is -0.445. The molecule has 1 amide bonds. The van der Waals surface area contributed by atoms with Crippen LogP contribution in [0.5, 0.6) is 0 Å². The van der Waals surface area contributed by atoms with Gasteiger partial charge in [-0.2, -0.15) is 5.10 Å². The molecular formula is C24H26ClFN4O2. The minimum atomic E-state index is -0.599. The van der Waals surface area contributed by atoms with Crippen molar-refractivity contribution >= 4 is 17.7 Å². The van der Waals surface area contributed by atoms with Crippen molar-refractivity contribution in [2.75, 3.05) is 0 Å². The topological polar surface area (TPSA) is 60.2 Å². The van der Waals surface area contributed by atoms with Gasteiger partial charge >= 0.3 is 6.09 Å². The number of carbonyl (C=O) groups is 1. The first-order chi connectivity index (χ1) is 15.2. The van der Waals surface area contributed by atoms with E-state index in [1.807, 2.05) is 44.5 Å². The number of nitrogens with zero attached hydrogens (tertiary/aromatic N) is 4. The number of ether oxygens (including phenoxy) is 1. The van der Waals surface area contributed by atoms with Gasteiger partial charge in [-0.1, -0.05) is 18.5 Å². The van der Waals surface area contributed by atoms with Gasteiger partial charge < -0.3 is 4.74 Å². The first-order valence-corrected chi connectivity index (χ1v) is 11.0. The molecule has 0 saturated carbocycles. The Morgan fingerprint density at radius 3 is 2.59 bits per heavy atom. The summed E-state index contributed by atoms with van der Waals surface area (Å²) in [6.45, 7) is 8.39. The van der Waals surface area contributed by atoms with E-state index in [1.165, 1.54) is 6.07 Å². The lowest BCUT2D eigenvalue weighted by atomic mass is 9.98. The maximum absolute atomic E-state index is 14.9. The summed E-state index contributed by atoms with van der Waals surface area (Å²) in [5.41, 5.74) is 2.73. The minimum absolute atomic E-state index is 0.0783. The Bertz CT molecular complexity index is 1140. The lowest BCUT2D eigenvalue weighted by molar-refractivity contribution is 0.00631. The van der Waals surface area contributed by atoms with E-state index in [2.05, 4.69) is 4.98 Å². The van der Waals surface area contributed by atoms with Gasteiger partial charge in [0.1, 0.15) is 17.1 Å². The molecule has 1 aromatic carbocycles. The fourth-order valence-corrected chi connectivity index (χ4v) is 4.13. The molecule has 6 nitrogen and oxygen atoms in total. The van der Waals surface area contributed by atoms with Crippen LogP contribution in [-0.2, 0) is 17.8 Å². The zero-order chi connectivity index (χ0) is 23.0. The number of amides is 1. The van der Waals surface area contributed by atoms with Gasteiger partial charge in [-0.25, -0.2) is 9.18 Å². The highest BCUT2D eigenvalue weighted by atomic mass is 35.5. The summed E-state index contributed by atoms with van der Waals surface area (Å²) in [4.78, 5) is 18.8. The number of aromatic nitrogens is 3. The molecule has 32 heavy (non-hydrogen) atoms. The number of hydrogen-bond acceptors (Lipinski definition) is 4. The third-order valence-electron chi connectivity index (χ3n) is 5.46. The van der Waals surface area contributed by atoms with E-state index >= 15 is 0 Å². The van der Waals surface area contributed by atoms with Gasteiger partial charge in [-0.15, -0.1) is 0 Å². The van der Waals surface area contributed by atoms with E-state index in [0.717, 1.165) is 23.2 Å². The number of hydrogen-bond donors (Lipinski definition) is 0. The summed E-state index contributed by atoms with van der Waals surface area (Å²) in [6, 6.07) is 8.21. The molecule has 3 aromatic rings. The highest BCUT2D eigenvalue weighted by molar-refractivity contribution is 6.30. The summed E-state index contributed by atoms with van der Waals surface area (Å²) in [5, 5.41) is 5.11. The van der Waals surface area contributed by atoms with E-state index in [1.54, 1.807) is 29.4 Å². The summed E-state index contributed by atoms with van der Waals surface area (Å²) in [7, 11) is 0. The molecule has 1 aliphatic heterocycles. The number of carbonyl (C=O) groups excluding carboxylic acids is 1. The van der Waals surface area contributed by atoms with Crippen molar-refractivity contribution in [1.29, 1.82) is 0 Å². The monoisotopic (exact) mass is 456 g/mol. The minimum Gasteiger partial charge on any atom is -0.444 e. The molecule has 8 heteroatoms. The van der Waals surface area contributed by atoms with Gasteiger partial charge in [0.25, 0.3) is 0 Å². The predicted octanol–water partition coefficient (Wildman–Crippen LogP) is 5.93. The fourth-order valence-electron chi connectivity index (χ4n) is 3.97. The second-order valence-electron chi connectivity index (χ2n) is 8.88. The van der Waals surface area contributed by atoms with Crippen molar-refractivity contribution in [3.63, 3.8) is 0 Å². The molecule has 0 aliphatic carbocycles. The molecule has 3 heterocycles. The highest BCUT2D eigenvalue weighted by Crippen LogP contribution is 2.39. The van der Waals surface area contributed by atoms with Crippen LogP contribution >= 0.6 is 11.6 Å². The van der Waals surface area contributed by atoms with Gasteiger partial charge in [0.2, 0.25) is 0 Å². The molecule has 0 N–H and O–H groups in total. The second-order valence-corrected chi connectivity index (χ2v) is 9.32. The zero-order valence-electron chi connectivity index (χ0n) is 18.6. The number of fused-ring (bicyclic) bond motifs is 1. The van der Waals surface area contributed by atoms with Crippen LogP contribution < -0.4 is 0 Å². The predicted molar refractivity (Wildman–Crippen MR) is 122 cm³/mol. The molecule has 0 radical (unpaired) electrons. The van der Waals surface area contributed by atoms with Gasteiger partial charge in [-0.05, 0) is 63.1 Å². The van der Waals surface area contributed by atoms with Gasteiger partial charge in [-0.3, -0.25) is 14.6 Å². The van der Waals surface area contributed by atoms with E-state index < -0.39 is 11.4 Å². The molecule has 0 fully saturated rings. The van der Waals surface area contributed by atoms with Crippen molar-refractivity contribution in [3.05, 3.63) is 59.3 Å². The van der Waals surface area contributed by atoms with Crippen molar-refractivity contribution in [3.8, 4) is 22.4 Å². The third-order valence-corrected chi connectivity index (χ3v) is 5.69. The van der Waals surface area contributed by atoms with E-state index in [9.17, 15) is 9.18 Å². The van der Waals surface area contributed by atoms with Crippen molar-refractivity contribution in [1.82, 2.24) is 19.7 Å². The Labute approximate surface area is 192 Å². The molecule has 0 bridgehead atoms. The van der Waals surface area contributed by atoms with Crippen LogP contribution in [0.25, 0.3) is 22.4 Å². The Morgan fingerprint density at radius 2 is 1.97 bits per heavy atom. The molecule has 1 aliphatic rings. The lowest BCUT2D eigenvalue weighted by Gasteiger charge is -2.37. The summed E-state index contributed by atoms with van der Waals surface area (Å²) >= 11 is 5.97. The number of benzene rings is 1. The Balaban J connectivity index is 1.86. The Morgan fingerprint density at radius 1 is 1.25 bits per heavy atom. The lowest BCUT2D eigenvalue weighted by Crippen LogP contribution is -2.48. The average Bonchev–Trinajstić information content (AvgIpc) is 3.10. The van der Waals surface area contributed by atoms with Crippen LogP contribution in [0.2, 0.25) is 5.02 Å². The average molecular weight is 457 g/mol. The van der Waals surface area contributed by atoms with Crippen LogP contribution in [0.3, 0.4) is 0 Å². The molecule has 168 valence electrons. The second kappa shape index (κ2) is 8.54. The molecule has 0 saturated heterocycles. The SMILES string of the molecule is CCC1Cn2nc(-c3ccc(Cl)cc3F)c(-c3ccncc3)c2CN1C(=O)OC(C)(C)C. The first-order valence-electron chi connectivity index (χ1n) is 10.6. The van der Waals surface area contributed by atoms with E-state index in [4.69, 9.17) is 21.4 Å². The number of halogens is 2. The standard InChI is InChI=1S/C24H26ClFN4O2/c1-5-17-13-30-20(14-29(17)23(31)32-24(2,3)4)21(15-8-10-27-11-9-15)22(28-30)18-7-6-16(25)12-19(18)26/h6-12,17H,5,13-14H2,1-4H3. The van der Waals surface area contributed by atoms with Crippen molar-refractivity contribution < 1.29 is 13.9 Å². The van der Waals surface area contributed by atoms with Crippen molar-refractivity contribution in [2.24, 2.45) is 0 Å². The number of rotatable bonds is 3. The smallest absolute Gasteiger partial charge is 0.410 e. The number of pyridine rings is 1. The van der Waals surface area contributed by atoms with Crippen LogP contribution in [-0.4, -0.2) is 37.4 Å². The van der Waals surface area contributed by atoms with Gasteiger partial charge in [0.05, 0.1) is 24.8 Å². The van der Waals surface area contributed by atoms with Crippen LogP contribution in [0.1, 0.15) is 39.8 Å². The fraction of sp³-hybridized carbons (Fsp3) is 0.375. The maximum atomic E-state index is 14.9. The largest absolute Gasteiger partial charge is 0.444 e. The molecular weight excluding hydrogens is 431 g/mol. The Kier molecular flexibility index (Phi) is 5.95. The zero-order valence-corrected chi connectivity index (χ0v) is 19.4. The highest BCUT2D eigenvalue weighted by Gasteiger charge is 2.35. The summed E-state index contributed by atoms with van der Waals surface area (Å²) < 4.78 is 22.4. The molecule has 0 spiro atoms. The van der Waals surface area contributed by atoms with Gasteiger partial charge in [0, 0.05) is 28.5 Å². The molecule has 1 atom stereocenters. The third kappa shape index (κ3) is 4.35. The maximum Gasteiger partial charge on any atom is 0.410 e. The first kappa shape index (κ1) is 22.3. The molecule has 2 aromatic heterocycles. The Hall–Kier alpha value is -2.93. The summed E-state index contributed by atoms with van der Waals surface area (Å²) in [6.07, 6.45) is 3.75. The van der Waals surface area contributed by atoms with Crippen LogP contribution in [0, 0.1) is 5.82 Å². The molecule has 1 unspecified atom stereocenters. The van der Waals surface area contributed by atoms with E-state index in [-0.39, 0.29) is 12.1 Å². The van der Waals surface area contributed by atoms with E-state index in [0.29, 0.717) is 29.4 Å². The quantitative estimate of drug-likeness (QED) is 0.489. The van der Waals surface area contributed by atoms with Crippen LogP contribution in [0.4, 0.5) is 9.18 Å². The normalized spacial score (nSPS) is 16.1. The van der Waals surface area contributed by atoms with Crippen molar-refractivity contribution in [2.45, 2.75) is 58.8 Å². The molecule has 4 rings (SSSR count). The van der Waals surface area contributed by atoms with Crippen LogP contribution in [0.15, 0.2) is 42.7 Å².